The number of hydrogen-bond acceptors (Lipinski definition) is 0. The van der Waals surface area contributed by atoms with Gasteiger partial charge in [0, 0.05) is 25.0 Å². The molecule has 13 heavy (non-hydrogen) atoms. The minimum absolute atomic E-state index is 0.761. The molecule has 1 heterocycles. The molecule has 1 aliphatic rings. The highest BCUT2D eigenvalue weighted by molar-refractivity contribution is 4.84. The first-order valence-electron chi connectivity index (χ1n) is 5.32. The van der Waals surface area contributed by atoms with Gasteiger partial charge in [-0.05, 0) is 18.8 Å². The molecule has 0 bridgehead atoms. The summed E-state index contributed by atoms with van der Waals surface area (Å²) in [5, 5.41) is 0. The van der Waals surface area contributed by atoms with Crippen molar-refractivity contribution in [3.05, 3.63) is 30.6 Å². The minimum atomic E-state index is 0.761. The fourth-order valence-electron chi connectivity index (χ4n) is 2.20. The van der Waals surface area contributed by atoms with Gasteiger partial charge in [-0.3, -0.25) is 0 Å². The Kier molecular flexibility index (Phi) is 2.62. The molecule has 1 aromatic heterocycles. The first-order valence-corrected chi connectivity index (χ1v) is 5.32. The van der Waals surface area contributed by atoms with Crippen LogP contribution in [0.2, 0.25) is 0 Å². The Labute approximate surface area is 80.4 Å². The molecular weight excluding hydrogens is 158 g/mol. The summed E-state index contributed by atoms with van der Waals surface area (Å²) < 4.78 is 2.37. The molecule has 0 saturated heterocycles. The van der Waals surface area contributed by atoms with E-state index >= 15 is 0 Å². The van der Waals surface area contributed by atoms with E-state index in [0.29, 0.717) is 0 Å². The normalized spacial score (nSPS) is 28.7. The van der Waals surface area contributed by atoms with E-state index in [2.05, 4.69) is 42.1 Å². The summed E-state index contributed by atoms with van der Waals surface area (Å²) >= 11 is 0. The minimum Gasteiger partial charge on any atom is -0.202 e. The van der Waals surface area contributed by atoms with Gasteiger partial charge in [-0.25, -0.2) is 4.57 Å². The molecule has 0 amide bonds. The lowest BCUT2D eigenvalue weighted by atomic mass is 9.87. The van der Waals surface area contributed by atoms with Crippen LogP contribution in [0.15, 0.2) is 30.6 Å². The van der Waals surface area contributed by atoms with Gasteiger partial charge in [-0.15, -0.1) is 0 Å². The number of pyridine rings is 1. The van der Waals surface area contributed by atoms with Crippen molar-refractivity contribution >= 4 is 0 Å². The molecule has 0 aliphatic heterocycles. The first-order chi connectivity index (χ1) is 6.36. The van der Waals surface area contributed by atoms with E-state index < -0.39 is 0 Å². The lowest BCUT2D eigenvalue weighted by Crippen LogP contribution is -2.40. The maximum Gasteiger partial charge on any atom is 0.169 e. The van der Waals surface area contributed by atoms with E-state index in [1.165, 1.54) is 25.7 Å². The summed E-state index contributed by atoms with van der Waals surface area (Å²) in [5.41, 5.74) is 0. The van der Waals surface area contributed by atoms with Crippen molar-refractivity contribution in [2.75, 3.05) is 0 Å². The molecule has 0 atom stereocenters. The van der Waals surface area contributed by atoms with E-state index in [-0.39, 0.29) is 0 Å². The Morgan fingerprint density at radius 2 is 1.54 bits per heavy atom. The van der Waals surface area contributed by atoms with Crippen molar-refractivity contribution in [3.63, 3.8) is 0 Å². The molecular formula is C12H18N+. The molecule has 0 aromatic carbocycles. The van der Waals surface area contributed by atoms with Crippen LogP contribution >= 0.6 is 0 Å². The second kappa shape index (κ2) is 3.91. The zero-order valence-corrected chi connectivity index (χ0v) is 8.32. The molecule has 0 N–H and O–H groups in total. The standard InChI is InChI=1S/C12H18N/c1-11-5-7-12(8-6-11)13-9-3-2-4-10-13/h2-4,9-12H,5-8H2,1H3/q+1. The van der Waals surface area contributed by atoms with Crippen LogP contribution in [0.4, 0.5) is 0 Å². The molecule has 1 nitrogen and oxygen atoms in total. The zero-order valence-electron chi connectivity index (χ0n) is 8.32. The molecule has 0 radical (unpaired) electrons. The highest BCUT2D eigenvalue weighted by Crippen LogP contribution is 2.27. The van der Waals surface area contributed by atoms with E-state index in [4.69, 9.17) is 0 Å². The number of rotatable bonds is 1. The largest absolute Gasteiger partial charge is 0.202 e. The molecule has 1 fully saturated rings. The molecule has 1 saturated carbocycles. The van der Waals surface area contributed by atoms with Crippen molar-refractivity contribution in [1.29, 1.82) is 0 Å². The van der Waals surface area contributed by atoms with Crippen LogP contribution < -0.4 is 4.57 Å². The summed E-state index contributed by atoms with van der Waals surface area (Å²) in [7, 11) is 0. The van der Waals surface area contributed by atoms with Gasteiger partial charge in [0.25, 0.3) is 0 Å². The predicted molar refractivity (Wildman–Crippen MR) is 53.3 cm³/mol. The fourth-order valence-corrected chi connectivity index (χ4v) is 2.20. The Morgan fingerprint density at radius 3 is 2.15 bits per heavy atom. The first kappa shape index (κ1) is 8.74. The van der Waals surface area contributed by atoms with E-state index in [1.807, 2.05) is 0 Å². The third kappa shape index (κ3) is 2.09. The second-order valence-corrected chi connectivity index (χ2v) is 4.24. The third-order valence-corrected chi connectivity index (χ3v) is 3.15. The van der Waals surface area contributed by atoms with Crippen molar-refractivity contribution in [1.82, 2.24) is 0 Å². The fraction of sp³-hybridized carbons (Fsp3) is 0.583. The maximum absolute atomic E-state index is 2.37. The summed E-state index contributed by atoms with van der Waals surface area (Å²) in [4.78, 5) is 0. The van der Waals surface area contributed by atoms with Crippen LogP contribution in [0.3, 0.4) is 0 Å². The summed E-state index contributed by atoms with van der Waals surface area (Å²) in [6, 6.07) is 7.09. The Morgan fingerprint density at radius 1 is 0.923 bits per heavy atom. The predicted octanol–water partition coefficient (Wildman–Crippen LogP) is 2.73. The molecule has 2 rings (SSSR count). The maximum atomic E-state index is 2.37. The van der Waals surface area contributed by atoms with Crippen molar-refractivity contribution < 1.29 is 4.57 Å². The van der Waals surface area contributed by atoms with Crippen LogP contribution in [-0.4, -0.2) is 0 Å². The Bertz CT molecular complexity index is 247. The molecule has 70 valence electrons. The van der Waals surface area contributed by atoms with Crippen LogP contribution in [0.1, 0.15) is 38.6 Å². The van der Waals surface area contributed by atoms with E-state index in [9.17, 15) is 0 Å². The molecule has 1 aromatic rings. The van der Waals surface area contributed by atoms with Crippen LogP contribution in [0.5, 0.6) is 0 Å². The van der Waals surface area contributed by atoms with Crippen LogP contribution in [0.25, 0.3) is 0 Å². The van der Waals surface area contributed by atoms with Crippen LogP contribution in [0, 0.1) is 5.92 Å². The number of hydrogen-bond donors (Lipinski definition) is 0. The Balaban J connectivity index is 2.03. The molecule has 0 spiro atoms. The van der Waals surface area contributed by atoms with Gasteiger partial charge in [-0.2, -0.15) is 0 Å². The summed E-state index contributed by atoms with van der Waals surface area (Å²) in [6.07, 6.45) is 9.89. The highest BCUT2D eigenvalue weighted by Gasteiger charge is 2.24. The van der Waals surface area contributed by atoms with Gasteiger partial charge >= 0.3 is 0 Å². The SMILES string of the molecule is CC1CCC([n+]2ccccc2)CC1. The lowest BCUT2D eigenvalue weighted by Gasteiger charge is -2.22. The molecule has 1 aliphatic carbocycles. The number of aromatic nitrogens is 1. The van der Waals surface area contributed by atoms with Crippen molar-refractivity contribution in [2.45, 2.75) is 38.6 Å². The van der Waals surface area contributed by atoms with E-state index in [0.717, 1.165) is 12.0 Å². The topological polar surface area (TPSA) is 3.88 Å². The quantitative estimate of drug-likeness (QED) is 0.579. The highest BCUT2D eigenvalue weighted by atomic mass is 15.0. The molecule has 0 unspecified atom stereocenters. The van der Waals surface area contributed by atoms with Gasteiger partial charge in [-0.1, -0.05) is 13.0 Å². The summed E-state index contributed by atoms with van der Waals surface area (Å²) in [5.74, 6) is 0.945. The lowest BCUT2D eigenvalue weighted by molar-refractivity contribution is -0.726. The third-order valence-electron chi connectivity index (χ3n) is 3.15. The van der Waals surface area contributed by atoms with E-state index in [1.54, 1.807) is 0 Å². The average Bonchev–Trinajstić information content (AvgIpc) is 2.20. The van der Waals surface area contributed by atoms with Crippen LogP contribution in [-0.2, 0) is 0 Å². The van der Waals surface area contributed by atoms with Gasteiger partial charge in [0.05, 0.1) is 0 Å². The molecule has 1 heteroatoms. The van der Waals surface area contributed by atoms with Gasteiger partial charge in [0.1, 0.15) is 0 Å². The van der Waals surface area contributed by atoms with Crippen molar-refractivity contribution in [3.8, 4) is 0 Å². The second-order valence-electron chi connectivity index (χ2n) is 4.24. The number of nitrogens with zero attached hydrogens (tertiary/aromatic N) is 1. The monoisotopic (exact) mass is 176 g/mol. The summed E-state index contributed by atoms with van der Waals surface area (Å²) in [6.45, 7) is 2.37. The Hall–Kier alpha value is -0.850. The van der Waals surface area contributed by atoms with Gasteiger partial charge in [0.15, 0.2) is 18.4 Å². The van der Waals surface area contributed by atoms with Gasteiger partial charge in [0.2, 0.25) is 0 Å². The average molecular weight is 176 g/mol. The zero-order chi connectivity index (χ0) is 9.10. The smallest absolute Gasteiger partial charge is 0.169 e. The van der Waals surface area contributed by atoms with Crippen molar-refractivity contribution in [2.24, 2.45) is 5.92 Å². The van der Waals surface area contributed by atoms with Gasteiger partial charge < -0.3 is 0 Å².